The first-order chi connectivity index (χ1) is 11.6. The molecular formula is C20H25NO3. The van der Waals surface area contributed by atoms with Crippen molar-refractivity contribution in [3.8, 4) is 5.88 Å². The van der Waals surface area contributed by atoms with Gasteiger partial charge in [-0.25, -0.2) is 9.78 Å². The fourth-order valence-electron chi connectivity index (χ4n) is 6.08. The Labute approximate surface area is 142 Å². The molecule has 5 saturated carbocycles. The molecule has 0 amide bonds. The lowest BCUT2D eigenvalue weighted by atomic mass is 9.50. The second kappa shape index (κ2) is 5.21. The zero-order valence-corrected chi connectivity index (χ0v) is 14.0. The van der Waals surface area contributed by atoms with Crippen molar-refractivity contribution in [3.05, 3.63) is 23.4 Å². The van der Waals surface area contributed by atoms with Crippen LogP contribution in [0.5, 0.6) is 5.88 Å². The van der Waals surface area contributed by atoms with Crippen molar-refractivity contribution < 1.29 is 14.6 Å². The summed E-state index contributed by atoms with van der Waals surface area (Å²) in [5, 5.41) is 9.21. The van der Waals surface area contributed by atoms with Crippen LogP contribution in [0, 0.1) is 23.2 Å². The molecule has 1 aromatic rings. The van der Waals surface area contributed by atoms with Gasteiger partial charge in [0.05, 0.1) is 12.2 Å². The van der Waals surface area contributed by atoms with E-state index >= 15 is 0 Å². The van der Waals surface area contributed by atoms with Crippen LogP contribution < -0.4 is 4.74 Å². The highest BCUT2D eigenvalue weighted by Crippen LogP contribution is 2.60. The third kappa shape index (κ3) is 2.51. The molecule has 0 atom stereocenters. The van der Waals surface area contributed by atoms with Crippen molar-refractivity contribution in [3.63, 3.8) is 0 Å². The van der Waals surface area contributed by atoms with E-state index in [4.69, 9.17) is 4.74 Å². The van der Waals surface area contributed by atoms with Gasteiger partial charge in [-0.3, -0.25) is 0 Å². The first-order valence-electron chi connectivity index (χ1n) is 9.46. The molecule has 0 aromatic carbocycles. The summed E-state index contributed by atoms with van der Waals surface area (Å²) in [6.45, 7) is 0.773. The molecule has 128 valence electrons. The molecule has 5 aliphatic carbocycles. The van der Waals surface area contributed by atoms with Gasteiger partial charge in [0, 0.05) is 17.2 Å². The van der Waals surface area contributed by atoms with Crippen LogP contribution in [0.4, 0.5) is 0 Å². The summed E-state index contributed by atoms with van der Waals surface area (Å²) in [7, 11) is 0. The normalized spacial score (nSPS) is 36.8. The number of hydrogen-bond donors (Lipinski definition) is 1. The standard InChI is InChI=1S/C20H25NO3/c22-19(23)16-6-17(15-1-2-15)18(21-10-16)24-11-20-7-12-3-13(8-20)5-14(4-12)9-20/h6,10,12-15H,1-5,7-9,11H2,(H,22,23). The zero-order valence-electron chi connectivity index (χ0n) is 14.0. The maximum atomic E-state index is 11.2. The molecule has 5 aliphatic rings. The lowest BCUT2D eigenvalue weighted by molar-refractivity contribution is -0.0753. The second-order valence-corrected chi connectivity index (χ2v) is 8.90. The second-order valence-electron chi connectivity index (χ2n) is 8.90. The molecule has 0 unspecified atom stereocenters. The minimum absolute atomic E-state index is 0.277. The third-order valence-corrected chi connectivity index (χ3v) is 6.82. The Morgan fingerprint density at radius 2 is 1.79 bits per heavy atom. The lowest BCUT2D eigenvalue weighted by Gasteiger charge is -2.56. The number of rotatable bonds is 5. The van der Waals surface area contributed by atoms with Gasteiger partial charge in [0.1, 0.15) is 0 Å². The minimum atomic E-state index is -0.906. The number of carboxylic acids is 1. The van der Waals surface area contributed by atoms with Gasteiger partial charge in [-0.1, -0.05) is 0 Å². The summed E-state index contributed by atoms with van der Waals surface area (Å²) < 4.78 is 6.25. The van der Waals surface area contributed by atoms with Gasteiger partial charge in [-0.2, -0.15) is 0 Å². The highest BCUT2D eigenvalue weighted by molar-refractivity contribution is 5.87. The van der Waals surface area contributed by atoms with E-state index < -0.39 is 5.97 Å². The molecule has 0 spiro atoms. The summed E-state index contributed by atoms with van der Waals surface area (Å²) in [6.07, 6.45) is 12.0. The van der Waals surface area contributed by atoms with Crippen LogP contribution in [0.15, 0.2) is 12.3 Å². The topological polar surface area (TPSA) is 59.4 Å². The lowest BCUT2D eigenvalue weighted by Crippen LogP contribution is -2.48. The van der Waals surface area contributed by atoms with Crippen molar-refractivity contribution in [1.82, 2.24) is 4.98 Å². The average molecular weight is 327 g/mol. The molecule has 24 heavy (non-hydrogen) atoms. The smallest absolute Gasteiger partial charge is 0.337 e. The predicted molar refractivity (Wildman–Crippen MR) is 89.3 cm³/mol. The Bertz CT molecular complexity index is 644. The monoisotopic (exact) mass is 327 g/mol. The number of hydrogen-bond acceptors (Lipinski definition) is 3. The number of aromatic carboxylic acids is 1. The van der Waals surface area contributed by atoms with Crippen LogP contribution in [0.2, 0.25) is 0 Å². The van der Waals surface area contributed by atoms with Crippen molar-refractivity contribution in [2.75, 3.05) is 6.61 Å². The van der Waals surface area contributed by atoms with E-state index in [1.807, 2.05) is 0 Å². The fourth-order valence-corrected chi connectivity index (χ4v) is 6.08. The van der Waals surface area contributed by atoms with E-state index in [9.17, 15) is 9.90 Å². The predicted octanol–water partition coefficient (Wildman–Crippen LogP) is 4.25. The van der Waals surface area contributed by atoms with Crippen LogP contribution in [0.25, 0.3) is 0 Å². The summed E-state index contributed by atoms with van der Waals surface area (Å²) in [4.78, 5) is 15.6. The van der Waals surface area contributed by atoms with Gasteiger partial charge in [-0.15, -0.1) is 0 Å². The summed E-state index contributed by atoms with van der Waals surface area (Å²) in [6, 6.07) is 1.78. The van der Waals surface area contributed by atoms with Crippen molar-refractivity contribution >= 4 is 5.97 Å². The minimum Gasteiger partial charge on any atom is -0.478 e. The zero-order chi connectivity index (χ0) is 16.3. The van der Waals surface area contributed by atoms with Gasteiger partial charge in [-0.05, 0) is 81.1 Å². The van der Waals surface area contributed by atoms with Crippen LogP contribution in [0.3, 0.4) is 0 Å². The molecule has 1 heterocycles. The Kier molecular flexibility index (Phi) is 3.20. The van der Waals surface area contributed by atoms with Crippen LogP contribution in [0.1, 0.15) is 73.2 Å². The largest absolute Gasteiger partial charge is 0.478 e. The molecule has 0 aliphatic heterocycles. The van der Waals surface area contributed by atoms with Crippen LogP contribution in [-0.4, -0.2) is 22.7 Å². The highest BCUT2D eigenvalue weighted by atomic mass is 16.5. The quantitative estimate of drug-likeness (QED) is 0.878. The number of nitrogens with zero attached hydrogens (tertiary/aromatic N) is 1. The number of carboxylic acid groups (broad SMARTS) is 1. The van der Waals surface area contributed by atoms with Crippen LogP contribution >= 0.6 is 0 Å². The maximum absolute atomic E-state index is 11.2. The van der Waals surface area contributed by atoms with Crippen molar-refractivity contribution in [2.24, 2.45) is 23.2 Å². The molecule has 5 fully saturated rings. The van der Waals surface area contributed by atoms with E-state index in [1.165, 1.54) is 44.7 Å². The van der Waals surface area contributed by atoms with Crippen LogP contribution in [-0.2, 0) is 0 Å². The number of aromatic nitrogens is 1. The molecule has 4 bridgehead atoms. The third-order valence-electron chi connectivity index (χ3n) is 6.82. The van der Waals surface area contributed by atoms with E-state index in [0.717, 1.165) is 42.8 Å². The number of carbonyl (C=O) groups is 1. The average Bonchev–Trinajstić information content (AvgIpc) is 3.36. The van der Waals surface area contributed by atoms with Gasteiger partial charge in [0.15, 0.2) is 0 Å². The molecular weight excluding hydrogens is 302 g/mol. The first-order valence-corrected chi connectivity index (χ1v) is 9.46. The molecule has 0 radical (unpaired) electrons. The molecule has 6 rings (SSSR count). The van der Waals surface area contributed by atoms with Crippen molar-refractivity contribution in [1.29, 1.82) is 0 Å². The molecule has 4 nitrogen and oxygen atoms in total. The van der Waals surface area contributed by atoms with Gasteiger partial charge in [0.25, 0.3) is 0 Å². The molecule has 4 heteroatoms. The first kappa shape index (κ1) is 14.7. The Morgan fingerprint density at radius 3 is 2.33 bits per heavy atom. The van der Waals surface area contributed by atoms with E-state index in [-0.39, 0.29) is 5.56 Å². The Balaban J connectivity index is 1.36. The van der Waals surface area contributed by atoms with Gasteiger partial charge >= 0.3 is 5.97 Å². The fraction of sp³-hybridized carbons (Fsp3) is 0.700. The van der Waals surface area contributed by atoms with Gasteiger partial charge in [0.2, 0.25) is 5.88 Å². The highest BCUT2D eigenvalue weighted by Gasteiger charge is 2.51. The Hall–Kier alpha value is -1.58. The maximum Gasteiger partial charge on any atom is 0.337 e. The molecule has 1 N–H and O–H groups in total. The van der Waals surface area contributed by atoms with E-state index in [2.05, 4.69) is 4.98 Å². The summed E-state index contributed by atoms with van der Waals surface area (Å²) in [5.74, 6) is 3.00. The number of ether oxygens (including phenoxy) is 1. The summed E-state index contributed by atoms with van der Waals surface area (Å²) >= 11 is 0. The van der Waals surface area contributed by atoms with E-state index in [1.54, 1.807) is 6.07 Å². The van der Waals surface area contributed by atoms with E-state index in [0.29, 0.717) is 17.2 Å². The SMILES string of the molecule is O=C(O)c1cnc(OCC23CC4CC(CC(C4)C2)C3)c(C2CC2)c1. The molecule has 1 aromatic heterocycles. The Morgan fingerprint density at radius 1 is 1.17 bits per heavy atom. The van der Waals surface area contributed by atoms with Gasteiger partial charge < -0.3 is 9.84 Å². The molecule has 0 saturated heterocycles. The number of pyridine rings is 1. The van der Waals surface area contributed by atoms with Crippen molar-refractivity contribution in [2.45, 2.75) is 57.3 Å². The summed E-state index contributed by atoms with van der Waals surface area (Å²) in [5.41, 5.74) is 1.65.